The van der Waals surface area contributed by atoms with Crippen LogP contribution in [0.1, 0.15) is 0 Å². The fraction of sp³-hybridized carbons (Fsp3) is 0.368. The molecular formula is C19H10O4S10. The topological polar surface area (TPSA) is 60.4 Å². The van der Waals surface area contributed by atoms with Gasteiger partial charge in [-0.05, 0) is 78.0 Å². The van der Waals surface area contributed by atoms with Crippen molar-refractivity contribution in [1.29, 1.82) is 0 Å². The van der Waals surface area contributed by atoms with Crippen LogP contribution in [0.2, 0.25) is 0 Å². The lowest BCUT2D eigenvalue weighted by Crippen LogP contribution is -2.16. The second kappa shape index (κ2) is 11.3. The van der Waals surface area contributed by atoms with Crippen molar-refractivity contribution in [3.05, 3.63) is 0 Å². The molecule has 3 aliphatic heterocycles. The molecule has 33 heavy (non-hydrogen) atoms. The largest absolute Gasteiger partial charge is 0.263 e. The van der Waals surface area contributed by atoms with Crippen molar-refractivity contribution in [2.75, 3.05) is 5.75 Å². The van der Waals surface area contributed by atoms with Crippen LogP contribution in [0.15, 0.2) is 0 Å². The predicted molar refractivity (Wildman–Crippen MR) is 154 cm³/mol. The Morgan fingerprint density at radius 1 is 0.727 bits per heavy atom. The van der Waals surface area contributed by atoms with Gasteiger partial charge in [-0.15, -0.1) is 12.8 Å². The summed E-state index contributed by atoms with van der Waals surface area (Å²) in [6.45, 7) is -2.54. The van der Waals surface area contributed by atoms with E-state index in [0.29, 0.717) is 0 Å². The van der Waals surface area contributed by atoms with E-state index in [1.54, 1.807) is 0 Å². The van der Waals surface area contributed by atoms with E-state index in [1.165, 1.54) is 0 Å². The van der Waals surface area contributed by atoms with Gasteiger partial charge in [0, 0.05) is 22.4 Å². The van der Waals surface area contributed by atoms with Gasteiger partial charge in [0.2, 0.25) is 7.80 Å². The molecule has 9 unspecified atom stereocenters. The standard InChI is InChI=1S/C19H10O4S10/c1-3-16-14(13-31(20,24)27-16)9-5-7-11-18-15(23-32(21,25)28-18)10-6-8-12-19-17(4-2)29-33(22,26)30-19/h1-2,14-19H,13H2. The minimum Gasteiger partial charge on any atom is -0.263 e. The molecule has 0 saturated carbocycles. The third-order valence-corrected chi connectivity index (χ3v) is 19.6. The molecule has 0 aromatic carbocycles. The molecule has 3 heterocycles. The van der Waals surface area contributed by atoms with Gasteiger partial charge in [0.1, 0.15) is 22.3 Å². The Bertz CT molecular complexity index is 1390. The highest BCUT2D eigenvalue weighted by atomic mass is 33.7. The molecule has 14 heteroatoms. The summed E-state index contributed by atoms with van der Waals surface area (Å²) < 4.78 is 41.6. The molecule has 170 valence electrons. The van der Waals surface area contributed by atoms with Gasteiger partial charge < -0.3 is 0 Å². The minimum absolute atomic E-state index is 0.239. The first-order chi connectivity index (χ1) is 15.4. The Kier molecular flexibility index (Phi) is 9.36. The first-order valence-corrected chi connectivity index (χ1v) is 21.6. The molecule has 4 nitrogen and oxygen atoms in total. The van der Waals surface area contributed by atoms with Gasteiger partial charge in [-0.25, -0.2) is 12.6 Å². The molecule has 0 aromatic heterocycles. The molecule has 9 atom stereocenters. The zero-order valence-electron chi connectivity index (χ0n) is 16.0. The predicted octanol–water partition coefficient (Wildman–Crippen LogP) is 1.53. The van der Waals surface area contributed by atoms with Gasteiger partial charge in [-0.3, -0.25) is 4.18 Å². The highest BCUT2D eigenvalue weighted by molar-refractivity contribution is 9.16. The number of hydrogen-bond donors (Lipinski definition) is 0. The van der Waals surface area contributed by atoms with Crippen LogP contribution in [0, 0.1) is 78.0 Å². The quantitative estimate of drug-likeness (QED) is 0.292. The zero-order valence-corrected chi connectivity index (χ0v) is 24.2. The highest BCUT2D eigenvalue weighted by Gasteiger charge is 2.37. The van der Waals surface area contributed by atoms with E-state index in [4.69, 9.17) is 50.6 Å². The Hall–Kier alpha value is -0.170. The van der Waals surface area contributed by atoms with Crippen molar-refractivity contribution >= 4 is 98.6 Å². The van der Waals surface area contributed by atoms with Crippen LogP contribution in [0.3, 0.4) is 0 Å². The Morgan fingerprint density at radius 3 is 1.97 bits per heavy atom. The third kappa shape index (κ3) is 7.91. The van der Waals surface area contributed by atoms with Crippen molar-refractivity contribution < 1.29 is 16.8 Å². The fourth-order valence-electron chi connectivity index (χ4n) is 2.45. The maximum atomic E-state index is 12.2. The summed E-state index contributed by atoms with van der Waals surface area (Å²) in [4.78, 5) is 0. The smallest absolute Gasteiger partial charge is 0.201 e. The fourth-order valence-corrected chi connectivity index (χ4v) is 19.1. The van der Waals surface area contributed by atoms with Crippen molar-refractivity contribution in [2.45, 2.75) is 27.1 Å². The van der Waals surface area contributed by atoms with E-state index in [0.717, 1.165) is 43.2 Å². The number of rotatable bonds is 0. The van der Waals surface area contributed by atoms with Crippen molar-refractivity contribution in [1.82, 2.24) is 0 Å². The van der Waals surface area contributed by atoms with E-state index in [-0.39, 0.29) is 22.2 Å². The molecule has 3 fully saturated rings. The van der Waals surface area contributed by atoms with Crippen molar-refractivity contribution in [2.24, 2.45) is 5.92 Å². The summed E-state index contributed by atoms with van der Waals surface area (Å²) in [6.07, 6.45) is 10.1. The van der Waals surface area contributed by atoms with Crippen molar-refractivity contribution in [3.63, 3.8) is 0 Å². The van der Waals surface area contributed by atoms with Gasteiger partial charge in [0.15, 0.2) is 6.10 Å². The highest BCUT2D eigenvalue weighted by Crippen LogP contribution is 2.45. The lowest BCUT2D eigenvalue weighted by atomic mass is 10.1. The van der Waals surface area contributed by atoms with Crippen LogP contribution in [0.4, 0.5) is 0 Å². The molecule has 0 N–H and O–H groups in total. The second-order valence-corrected chi connectivity index (χ2v) is 27.8. The zero-order chi connectivity index (χ0) is 24.3. The Balaban J connectivity index is 1.71. The van der Waals surface area contributed by atoms with E-state index in [9.17, 15) is 12.6 Å². The molecule has 3 aliphatic rings. The second-order valence-electron chi connectivity index (χ2n) is 6.14. The summed E-state index contributed by atoms with van der Waals surface area (Å²) in [5.74, 6) is 27.1. The molecule has 0 amide bonds. The summed E-state index contributed by atoms with van der Waals surface area (Å²) >= 11 is 14.9. The molecule has 0 spiro atoms. The molecule has 0 radical (unpaired) electrons. The molecule has 3 saturated heterocycles. The Labute approximate surface area is 224 Å². The van der Waals surface area contributed by atoms with Gasteiger partial charge >= 0.3 is 0 Å². The molecule has 3 rings (SSSR count). The first kappa shape index (κ1) is 27.4. The number of hydrogen-bond acceptors (Lipinski definition) is 11. The van der Waals surface area contributed by atoms with Gasteiger partial charge in [0.05, 0.1) is 24.4 Å². The van der Waals surface area contributed by atoms with Crippen molar-refractivity contribution in [3.8, 4) is 72.1 Å². The van der Waals surface area contributed by atoms with Crippen LogP contribution >= 0.6 is 43.2 Å². The van der Waals surface area contributed by atoms with Crippen LogP contribution < -0.4 is 0 Å². The lowest BCUT2D eigenvalue weighted by molar-refractivity contribution is 0.313. The average molecular weight is 623 g/mol. The lowest BCUT2D eigenvalue weighted by Gasteiger charge is -2.01. The normalized spacial score (nSPS) is 43.1. The van der Waals surface area contributed by atoms with Gasteiger partial charge in [0.25, 0.3) is 0 Å². The number of terminal acetylenes is 2. The van der Waals surface area contributed by atoms with Crippen LogP contribution in [-0.4, -0.2) is 45.5 Å². The van der Waals surface area contributed by atoms with E-state index >= 15 is 0 Å². The summed E-state index contributed by atoms with van der Waals surface area (Å²) in [7, 11) is -1.38. The van der Waals surface area contributed by atoms with E-state index < -0.39 is 38.5 Å². The monoisotopic (exact) mass is 622 g/mol. The van der Waals surface area contributed by atoms with E-state index in [1.807, 2.05) is 0 Å². The minimum atomic E-state index is -3.03. The van der Waals surface area contributed by atoms with Crippen LogP contribution in [-0.2, 0) is 59.6 Å². The maximum Gasteiger partial charge on any atom is 0.201 e. The van der Waals surface area contributed by atoms with E-state index in [2.05, 4.69) is 59.2 Å². The SMILES string of the molecule is C#CC1SS(=O)(=S)CC1C#CC#CC1SS(=O)(=S)OC1C#CC#CC1SS(=O)(=S)SC1C#C. The first-order valence-electron chi connectivity index (χ1n) is 8.52. The summed E-state index contributed by atoms with van der Waals surface area (Å²) in [5, 5.41) is -1.70. The Morgan fingerprint density at radius 2 is 1.30 bits per heavy atom. The molecule has 0 aromatic rings. The van der Waals surface area contributed by atoms with Gasteiger partial charge in [-0.1, -0.05) is 35.5 Å². The van der Waals surface area contributed by atoms with Crippen LogP contribution in [0.5, 0.6) is 0 Å². The average Bonchev–Trinajstić information content (AvgIpc) is 3.30. The summed E-state index contributed by atoms with van der Waals surface area (Å²) in [5.41, 5.74) is 0. The maximum absolute atomic E-state index is 12.2. The molecule has 0 aliphatic carbocycles. The summed E-state index contributed by atoms with van der Waals surface area (Å²) in [6, 6.07) is 0. The van der Waals surface area contributed by atoms with Crippen LogP contribution in [0.25, 0.3) is 0 Å². The van der Waals surface area contributed by atoms with Gasteiger partial charge in [-0.2, -0.15) is 0 Å². The molecular weight excluding hydrogens is 613 g/mol. The third-order valence-electron chi connectivity index (χ3n) is 3.79. The molecule has 0 bridgehead atoms.